The fourth-order valence-corrected chi connectivity index (χ4v) is 5.03. The van der Waals surface area contributed by atoms with E-state index in [4.69, 9.17) is 23.2 Å². The van der Waals surface area contributed by atoms with Gasteiger partial charge in [0.1, 0.15) is 12.6 Å². The third-order valence-electron chi connectivity index (χ3n) is 5.88. The molecule has 3 aromatic carbocycles. The van der Waals surface area contributed by atoms with Crippen molar-refractivity contribution in [1.29, 1.82) is 0 Å². The minimum atomic E-state index is -3.83. The minimum absolute atomic E-state index is 0.0886. The molecule has 3 aromatic rings. The number of nitrogens with zero attached hydrogens (tertiary/aromatic N) is 2. The normalized spacial score (nSPS) is 12.0. The molecule has 0 heterocycles. The highest BCUT2D eigenvalue weighted by atomic mass is 35.5. The molecule has 38 heavy (non-hydrogen) atoms. The Labute approximate surface area is 234 Å². The summed E-state index contributed by atoms with van der Waals surface area (Å²) in [5.74, 6) is -0.830. The average Bonchev–Trinajstić information content (AvgIpc) is 2.89. The Morgan fingerprint density at radius 3 is 2.00 bits per heavy atom. The van der Waals surface area contributed by atoms with Crippen LogP contribution in [0.3, 0.4) is 0 Å². The van der Waals surface area contributed by atoms with E-state index in [1.54, 1.807) is 36.4 Å². The summed E-state index contributed by atoms with van der Waals surface area (Å²) in [6.45, 7) is 2.00. The number of sulfonamides is 1. The van der Waals surface area contributed by atoms with Crippen LogP contribution < -0.4 is 9.62 Å². The van der Waals surface area contributed by atoms with E-state index in [9.17, 15) is 18.0 Å². The van der Waals surface area contributed by atoms with Crippen LogP contribution in [0.1, 0.15) is 24.5 Å². The van der Waals surface area contributed by atoms with Gasteiger partial charge in [0.05, 0.1) is 11.9 Å². The number of amides is 2. The van der Waals surface area contributed by atoms with Crippen LogP contribution in [0.2, 0.25) is 10.0 Å². The number of nitrogens with one attached hydrogen (secondary N) is 1. The highest BCUT2D eigenvalue weighted by Gasteiger charge is 2.32. The summed E-state index contributed by atoms with van der Waals surface area (Å²) in [4.78, 5) is 28.8. The maximum absolute atomic E-state index is 13.9. The first kappa shape index (κ1) is 29.5. The van der Waals surface area contributed by atoms with E-state index >= 15 is 0 Å². The van der Waals surface area contributed by atoms with Gasteiger partial charge in [0, 0.05) is 29.6 Å². The molecule has 202 valence electrons. The average molecular weight is 577 g/mol. The van der Waals surface area contributed by atoms with Crippen LogP contribution in [0.4, 0.5) is 5.69 Å². The molecule has 0 bridgehead atoms. The first-order chi connectivity index (χ1) is 18.1. The van der Waals surface area contributed by atoms with Crippen molar-refractivity contribution in [1.82, 2.24) is 10.2 Å². The fraction of sp³-hybridized carbons (Fsp3) is 0.286. The Hall–Kier alpha value is -3.07. The van der Waals surface area contributed by atoms with Crippen molar-refractivity contribution >= 4 is 50.7 Å². The van der Waals surface area contributed by atoms with Crippen LogP contribution in [0.25, 0.3) is 0 Å². The van der Waals surface area contributed by atoms with E-state index in [-0.39, 0.29) is 18.9 Å². The molecule has 0 fully saturated rings. The van der Waals surface area contributed by atoms with Crippen LogP contribution in [-0.4, -0.2) is 50.5 Å². The maximum Gasteiger partial charge on any atom is 0.244 e. The van der Waals surface area contributed by atoms with E-state index in [1.165, 1.54) is 17.0 Å². The molecule has 0 aliphatic heterocycles. The van der Waals surface area contributed by atoms with Crippen molar-refractivity contribution in [3.8, 4) is 0 Å². The topological polar surface area (TPSA) is 86.8 Å². The molecule has 0 spiro atoms. The molecule has 0 saturated heterocycles. The number of carbonyl (C=O) groups is 2. The molecular weight excluding hydrogens is 545 g/mol. The zero-order valence-electron chi connectivity index (χ0n) is 21.3. The molecule has 10 heteroatoms. The second-order valence-corrected chi connectivity index (χ2v) is 11.7. The summed E-state index contributed by atoms with van der Waals surface area (Å²) in [6, 6.07) is 21.7. The predicted octanol–water partition coefficient (Wildman–Crippen LogP) is 4.93. The molecule has 2 amide bonds. The van der Waals surface area contributed by atoms with E-state index in [2.05, 4.69) is 5.32 Å². The number of hydrogen-bond donors (Lipinski definition) is 1. The summed E-state index contributed by atoms with van der Waals surface area (Å²) in [6.07, 6.45) is 2.02. The van der Waals surface area contributed by atoms with E-state index in [0.717, 1.165) is 28.1 Å². The Bertz CT molecular complexity index is 1320. The van der Waals surface area contributed by atoms with Gasteiger partial charge in [-0.2, -0.15) is 0 Å². The molecule has 7 nitrogen and oxygen atoms in total. The van der Waals surface area contributed by atoms with E-state index < -0.39 is 28.5 Å². The van der Waals surface area contributed by atoms with Gasteiger partial charge in [-0.1, -0.05) is 72.6 Å². The van der Waals surface area contributed by atoms with Crippen molar-refractivity contribution in [3.05, 3.63) is 100 Å². The lowest BCUT2D eigenvalue weighted by Gasteiger charge is -2.33. The van der Waals surface area contributed by atoms with Gasteiger partial charge in [0.15, 0.2) is 0 Å². The highest BCUT2D eigenvalue weighted by Crippen LogP contribution is 2.22. The number of halogens is 2. The van der Waals surface area contributed by atoms with Gasteiger partial charge >= 0.3 is 0 Å². The molecule has 0 aliphatic rings. The predicted molar refractivity (Wildman–Crippen MR) is 153 cm³/mol. The Balaban J connectivity index is 2.02. The lowest BCUT2D eigenvalue weighted by molar-refractivity contribution is -0.140. The maximum atomic E-state index is 13.9. The second kappa shape index (κ2) is 13.6. The SMILES string of the molecule is CCCNC(=O)C(Cc1ccccc1)N(Cc1ccc(Cl)cc1)C(=O)CN(c1ccc(Cl)cc1)S(C)(=O)=O. The number of rotatable bonds is 12. The first-order valence-electron chi connectivity index (χ1n) is 12.2. The molecule has 0 radical (unpaired) electrons. The van der Waals surface area contributed by atoms with E-state index in [1.807, 2.05) is 37.3 Å². The first-order valence-corrected chi connectivity index (χ1v) is 14.8. The van der Waals surface area contributed by atoms with Gasteiger partial charge in [-0.05, 0) is 53.9 Å². The zero-order valence-corrected chi connectivity index (χ0v) is 23.6. The van der Waals surface area contributed by atoms with Crippen molar-refractivity contribution < 1.29 is 18.0 Å². The molecule has 0 aliphatic carbocycles. The van der Waals surface area contributed by atoms with Crippen molar-refractivity contribution in [2.75, 3.05) is 23.7 Å². The van der Waals surface area contributed by atoms with Gasteiger partial charge in [0.2, 0.25) is 21.8 Å². The van der Waals surface area contributed by atoms with Gasteiger partial charge in [-0.15, -0.1) is 0 Å². The summed E-state index contributed by atoms with van der Waals surface area (Å²) in [5, 5.41) is 3.88. The Morgan fingerprint density at radius 1 is 0.868 bits per heavy atom. The third kappa shape index (κ3) is 8.48. The molecule has 3 rings (SSSR count). The molecule has 0 saturated carbocycles. The third-order valence-corrected chi connectivity index (χ3v) is 7.52. The van der Waals surface area contributed by atoms with Gasteiger partial charge in [0.25, 0.3) is 0 Å². The fourth-order valence-electron chi connectivity index (χ4n) is 3.93. The number of hydrogen-bond acceptors (Lipinski definition) is 4. The lowest BCUT2D eigenvalue weighted by atomic mass is 10.0. The molecule has 1 atom stereocenters. The number of benzene rings is 3. The van der Waals surface area contributed by atoms with Crippen molar-refractivity contribution in [2.45, 2.75) is 32.4 Å². The van der Waals surface area contributed by atoms with Crippen molar-refractivity contribution in [3.63, 3.8) is 0 Å². The van der Waals surface area contributed by atoms with Gasteiger partial charge in [-0.25, -0.2) is 8.42 Å². The smallest absolute Gasteiger partial charge is 0.244 e. The summed E-state index contributed by atoms with van der Waals surface area (Å²) < 4.78 is 26.5. The van der Waals surface area contributed by atoms with Crippen LogP contribution in [0.5, 0.6) is 0 Å². The molecule has 1 unspecified atom stereocenters. The highest BCUT2D eigenvalue weighted by molar-refractivity contribution is 7.92. The quantitative estimate of drug-likeness (QED) is 0.332. The van der Waals surface area contributed by atoms with Crippen molar-refractivity contribution in [2.24, 2.45) is 0 Å². The summed E-state index contributed by atoms with van der Waals surface area (Å²) in [7, 11) is -3.83. The number of carbonyl (C=O) groups excluding carboxylic acids is 2. The molecule has 1 N–H and O–H groups in total. The van der Waals surface area contributed by atoms with Crippen LogP contribution >= 0.6 is 23.2 Å². The van der Waals surface area contributed by atoms with Crippen LogP contribution in [0.15, 0.2) is 78.9 Å². The van der Waals surface area contributed by atoms with E-state index in [0.29, 0.717) is 22.3 Å². The zero-order chi connectivity index (χ0) is 27.7. The second-order valence-electron chi connectivity index (χ2n) is 8.89. The standard InChI is InChI=1S/C28H31Cl2N3O4S/c1-3-17-31-28(35)26(18-21-7-5-4-6-8-21)32(19-22-9-11-23(29)12-10-22)27(34)20-33(38(2,36)37)25-15-13-24(30)14-16-25/h4-16,26H,3,17-20H2,1-2H3,(H,31,35). The monoisotopic (exact) mass is 575 g/mol. The lowest BCUT2D eigenvalue weighted by Crippen LogP contribution is -2.53. The molecular formula is C28H31Cl2N3O4S. The minimum Gasteiger partial charge on any atom is -0.354 e. The summed E-state index contributed by atoms with van der Waals surface area (Å²) in [5.41, 5.74) is 1.92. The van der Waals surface area contributed by atoms with Crippen LogP contribution in [-0.2, 0) is 32.6 Å². The van der Waals surface area contributed by atoms with Gasteiger partial charge in [-0.3, -0.25) is 13.9 Å². The Kier molecular flexibility index (Phi) is 10.6. The van der Waals surface area contributed by atoms with Gasteiger partial charge < -0.3 is 10.2 Å². The largest absolute Gasteiger partial charge is 0.354 e. The van der Waals surface area contributed by atoms with Crippen LogP contribution in [0, 0.1) is 0 Å². The Morgan fingerprint density at radius 2 is 1.45 bits per heavy atom. The number of anilines is 1. The molecule has 0 aromatic heterocycles. The summed E-state index contributed by atoms with van der Waals surface area (Å²) >= 11 is 12.0.